The van der Waals surface area contributed by atoms with Crippen LogP contribution in [0.2, 0.25) is 0 Å². The SMILES string of the molecule is C=C(C)CN(CC)C(=O)NC(C)(C)C(C)(C)C(=O)O. The van der Waals surface area contributed by atoms with Crippen LogP contribution in [0.4, 0.5) is 4.79 Å². The highest BCUT2D eigenvalue weighted by Crippen LogP contribution is 2.30. The van der Waals surface area contributed by atoms with Crippen LogP contribution in [0.15, 0.2) is 12.2 Å². The third-order valence-electron chi connectivity index (χ3n) is 3.65. The third kappa shape index (κ3) is 4.26. The number of hydrogen-bond donors (Lipinski definition) is 2. The fourth-order valence-electron chi connectivity index (χ4n) is 1.42. The number of carboxylic acids is 1. The van der Waals surface area contributed by atoms with E-state index in [1.165, 1.54) is 0 Å². The molecule has 0 heterocycles. The standard InChI is InChI=1S/C14H26N2O3/c1-8-16(9-10(2)3)12(19)15-14(6,7)13(4,5)11(17)18/h2,8-9H2,1,3-7H3,(H,15,19)(H,17,18). The zero-order valence-corrected chi connectivity index (χ0v) is 12.8. The second kappa shape index (κ2) is 6.08. The molecule has 0 aromatic rings. The first-order valence-electron chi connectivity index (χ1n) is 6.40. The van der Waals surface area contributed by atoms with Crippen molar-refractivity contribution in [2.45, 2.75) is 47.1 Å². The molecular formula is C14H26N2O3. The molecule has 0 aliphatic rings. The summed E-state index contributed by atoms with van der Waals surface area (Å²) in [6, 6.07) is -0.273. The van der Waals surface area contributed by atoms with E-state index in [0.717, 1.165) is 5.57 Å². The molecule has 0 aromatic carbocycles. The summed E-state index contributed by atoms with van der Waals surface area (Å²) < 4.78 is 0. The Kier molecular flexibility index (Phi) is 5.60. The second-order valence-electron chi connectivity index (χ2n) is 5.96. The molecular weight excluding hydrogens is 244 g/mol. The molecule has 0 unspecified atom stereocenters. The Labute approximate surface area is 115 Å². The predicted octanol–water partition coefficient (Wildman–Crippen LogP) is 2.48. The van der Waals surface area contributed by atoms with E-state index < -0.39 is 16.9 Å². The van der Waals surface area contributed by atoms with Crippen molar-refractivity contribution in [3.8, 4) is 0 Å². The van der Waals surface area contributed by atoms with Gasteiger partial charge in [-0.3, -0.25) is 4.79 Å². The van der Waals surface area contributed by atoms with Crippen molar-refractivity contribution in [1.82, 2.24) is 10.2 Å². The van der Waals surface area contributed by atoms with Gasteiger partial charge in [0.2, 0.25) is 0 Å². The minimum atomic E-state index is -1.06. The fraction of sp³-hybridized carbons (Fsp3) is 0.714. The van der Waals surface area contributed by atoms with Gasteiger partial charge in [0.05, 0.1) is 11.0 Å². The first kappa shape index (κ1) is 17.5. The number of urea groups is 1. The summed E-state index contributed by atoms with van der Waals surface area (Å²) in [5, 5.41) is 12.1. The molecule has 0 spiro atoms. The highest BCUT2D eigenvalue weighted by Gasteiger charge is 2.44. The lowest BCUT2D eigenvalue weighted by atomic mass is 9.74. The number of carbonyl (C=O) groups excluding carboxylic acids is 1. The maximum Gasteiger partial charge on any atom is 0.318 e. The Morgan fingerprint density at radius 3 is 2.05 bits per heavy atom. The van der Waals surface area contributed by atoms with Crippen LogP contribution in [0.25, 0.3) is 0 Å². The lowest BCUT2D eigenvalue weighted by Crippen LogP contribution is -2.59. The molecule has 5 nitrogen and oxygen atoms in total. The Morgan fingerprint density at radius 2 is 1.74 bits per heavy atom. The van der Waals surface area contributed by atoms with Crippen LogP contribution in [-0.2, 0) is 4.79 Å². The number of aliphatic carboxylic acids is 1. The molecule has 0 saturated carbocycles. The first-order chi connectivity index (χ1) is 8.45. The Morgan fingerprint density at radius 1 is 1.26 bits per heavy atom. The van der Waals surface area contributed by atoms with Gasteiger partial charge in [-0.15, -0.1) is 0 Å². The quantitative estimate of drug-likeness (QED) is 0.728. The normalized spacial score (nSPS) is 11.9. The van der Waals surface area contributed by atoms with Crippen molar-refractivity contribution < 1.29 is 14.7 Å². The first-order valence-corrected chi connectivity index (χ1v) is 6.40. The lowest BCUT2D eigenvalue weighted by molar-refractivity contribution is -0.150. The molecule has 0 bridgehead atoms. The molecule has 0 rings (SSSR count). The van der Waals surface area contributed by atoms with E-state index in [1.54, 1.807) is 32.6 Å². The van der Waals surface area contributed by atoms with Gasteiger partial charge >= 0.3 is 12.0 Å². The van der Waals surface area contributed by atoms with Crippen molar-refractivity contribution in [2.24, 2.45) is 5.41 Å². The number of rotatable bonds is 6. The maximum atomic E-state index is 12.2. The molecule has 0 saturated heterocycles. The Balaban J connectivity index is 4.96. The molecule has 0 fully saturated rings. The zero-order valence-electron chi connectivity index (χ0n) is 12.8. The van der Waals surface area contributed by atoms with Crippen LogP contribution in [0.5, 0.6) is 0 Å². The van der Waals surface area contributed by atoms with Crippen LogP contribution >= 0.6 is 0 Å². The summed E-state index contributed by atoms with van der Waals surface area (Å²) in [6.45, 7) is 15.1. The van der Waals surface area contributed by atoms with E-state index in [0.29, 0.717) is 13.1 Å². The van der Waals surface area contributed by atoms with E-state index in [1.807, 2.05) is 13.8 Å². The molecule has 2 N–H and O–H groups in total. The van der Waals surface area contributed by atoms with Gasteiger partial charge in [-0.05, 0) is 41.5 Å². The van der Waals surface area contributed by atoms with Gasteiger partial charge in [0.25, 0.3) is 0 Å². The molecule has 0 atom stereocenters. The van der Waals surface area contributed by atoms with Crippen molar-refractivity contribution in [2.75, 3.05) is 13.1 Å². The van der Waals surface area contributed by atoms with Crippen LogP contribution in [0.1, 0.15) is 41.5 Å². The molecule has 0 radical (unpaired) electrons. The van der Waals surface area contributed by atoms with Gasteiger partial charge < -0.3 is 15.3 Å². The summed E-state index contributed by atoms with van der Waals surface area (Å²) in [5.41, 5.74) is -1.05. The number of hydrogen-bond acceptors (Lipinski definition) is 2. The van der Waals surface area contributed by atoms with Gasteiger partial charge in [0, 0.05) is 13.1 Å². The Hall–Kier alpha value is -1.52. The summed E-state index contributed by atoms with van der Waals surface area (Å²) in [5.74, 6) is -0.944. The summed E-state index contributed by atoms with van der Waals surface area (Å²) in [7, 11) is 0. The van der Waals surface area contributed by atoms with E-state index >= 15 is 0 Å². The largest absolute Gasteiger partial charge is 0.481 e. The smallest absolute Gasteiger partial charge is 0.318 e. The monoisotopic (exact) mass is 270 g/mol. The van der Waals surface area contributed by atoms with Crippen molar-refractivity contribution in [3.05, 3.63) is 12.2 Å². The van der Waals surface area contributed by atoms with Crippen LogP contribution < -0.4 is 5.32 Å². The van der Waals surface area contributed by atoms with E-state index in [9.17, 15) is 14.7 Å². The number of nitrogens with one attached hydrogen (secondary N) is 1. The minimum absolute atomic E-state index is 0.273. The average Bonchev–Trinajstić information content (AvgIpc) is 2.24. The van der Waals surface area contributed by atoms with E-state index in [-0.39, 0.29) is 6.03 Å². The van der Waals surface area contributed by atoms with E-state index in [4.69, 9.17) is 0 Å². The van der Waals surface area contributed by atoms with Gasteiger partial charge in [0.15, 0.2) is 0 Å². The van der Waals surface area contributed by atoms with Crippen LogP contribution in [0, 0.1) is 5.41 Å². The van der Waals surface area contributed by atoms with Gasteiger partial charge in [-0.25, -0.2) is 4.79 Å². The van der Waals surface area contributed by atoms with Crippen molar-refractivity contribution in [3.63, 3.8) is 0 Å². The number of amides is 2. The number of nitrogens with zero attached hydrogens (tertiary/aromatic N) is 1. The summed E-state index contributed by atoms with van der Waals surface area (Å²) in [6.07, 6.45) is 0. The molecule has 5 heteroatoms. The molecule has 0 aliphatic carbocycles. The fourth-order valence-corrected chi connectivity index (χ4v) is 1.42. The zero-order chi connectivity index (χ0) is 15.4. The molecule has 2 amide bonds. The second-order valence-corrected chi connectivity index (χ2v) is 5.96. The number of likely N-dealkylation sites (N-methyl/N-ethyl adjacent to an activating group) is 1. The number of carboxylic acid groups (broad SMARTS) is 1. The maximum absolute atomic E-state index is 12.2. The highest BCUT2D eigenvalue weighted by atomic mass is 16.4. The minimum Gasteiger partial charge on any atom is -0.481 e. The molecule has 19 heavy (non-hydrogen) atoms. The predicted molar refractivity (Wildman–Crippen MR) is 76.1 cm³/mol. The van der Waals surface area contributed by atoms with Gasteiger partial charge in [-0.2, -0.15) is 0 Å². The lowest BCUT2D eigenvalue weighted by Gasteiger charge is -2.40. The summed E-state index contributed by atoms with van der Waals surface area (Å²) in [4.78, 5) is 25.1. The summed E-state index contributed by atoms with van der Waals surface area (Å²) >= 11 is 0. The van der Waals surface area contributed by atoms with Crippen molar-refractivity contribution in [1.29, 1.82) is 0 Å². The molecule has 110 valence electrons. The highest BCUT2D eigenvalue weighted by molar-refractivity contribution is 5.79. The topological polar surface area (TPSA) is 69.6 Å². The average molecular weight is 270 g/mol. The van der Waals surface area contributed by atoms with Crippen LogP contribution in [0.3, 0.4) is 0 Å². The van der Waals surface area contributed by atoms with Crippen molar-refractivity contribution >= 4 is 12.0 Å². The van der Waals surface area contributed by atoms with Gasteiger partial charge in [0.1, 0.15) is 0 Å². The molecule has 0 aromatic heterocycles. The molecule has 0 aliphatic heterocycles. The van der Waals surface area contributed by atoms with E-state index in [2.05, 4.69) is 11.9 Å². The Bertz CT molecular complexity index is 373. The van der Waals surface area contributed by atoms with Crippen LogP contribution in [-0.4, -0.2) is 40.6 Å². The number of carbonyl (C=O) groups is 2. The third-order valence-corrected chi connectivity index (χ3v) is 3.65. The van der Waals surface area contributed by atoms with Gasteiger partial charge in [-0.1, -0.05) is 12.2 Å².